The highest BCUT2D eigenvalue weighted by Gasteiger charge is 2.20. The Morgan fingerprint density at radius 3 is 2.40 bits per heavy atom. The van der Waals surface area contributed by atoms with Crippen molar-refractivity contribution in [2.75, 3.05) is 13.1 Å². The van der Waals surface area contributed by atoms with Crippen LogP contribution in [0.3, 0.4) is 0 Å². The third kappa shape index (κ3) is 5.11. The van der Waals surface area contributed by atoms with E-state index < -0.39 is 0 Å². The minimum Gasteiger partial charge on any atom is -0.339 e. The number of halogens is 2. The van der Waals surface area contributed by atoms with Crippen LogP contribution in [0.4, 0.5) is 4.39 Å². The number of thioether (sulfide) groups is 1. The van der Waals surface area contributed by atoms with E-state index >= 15 is 0 Å². The summed E-state index contributed by atoms with van der Waals surface area (Å²) in [5, 5.41) is 1.52. The van der Waals surface area contributed by atoms with Crippen LogP contribution in [-0.4, -0.2) is 33.4 Å². The molecule has 5 rings (SSSR count). The van der Waals surface area contributed by atoms with Gasteiger partial charge in [0.2, 0.25) is 0 Å². The van der Waals surface area contributed by atoms with Crippen molar-refractivity contribution in [1.29, 1.82) is 0 Å². The normalized spacial score (nSPS) is 13.8. The number of piperidine rings is 1. The predicted molar refractivity (Wildman–Crippen MR) is 138 cm³/mol. The first-order valence-corrected chi connectivity index (χ1v) is 12.9. The fourth-order valence-electron chi connectivity index (χ4n) is 4.22. The highest BCUT2D eigenvalue weighted by atomic mass is 35.5. The molecule has 1 fully saturated rings. The van der Waals surface area contributed by atoms with Gasteiger partial charge in [-0.05, 0) is 79.4 Å². The maximum Gasteiger partial charge on any atom is 0.266 e. The molecule has 1 aromatic heterocycles. The number of likely N-dealkylation sites (tertiary alicyclic amines) is 1. The van der Waals surface area contributed by atoms with Gasteiger partial charge in [0, 0.05) is 29.4 Å². The van der Waals surface area contributed by atoms with E-state index in [4.69, 9.17) is 16.6 Å². The van der Waals surface area contributed by atoms with Gasteiger partial charge >= 0.3 is 0 Å². The summed E-state index contributed by atoms with van der Waals surface area (Å²) in [5.41, 5.74) is 2.28. The lowest BCUT2D eigenvalue weighted by molar-refractivity contribution is 0.0724. The van der Waals surface area contributed by atoms with Crippen LogP contribution in [0.15, 0.2) is 76.7 Å². The number of nitrogens with zero attached hydrogens (tertiary/aromatic N) is 3. The zero-order chi connectivity index (χ0) is 24.4. The van der Waals surface area contributed by atoms with Crippen molar-refractivity contribution in [3.8, 4) is 5.69 Å². The molecule has 1 saturated heterocycles. The number of benzene rings is 3. The summed E-state index contributed by atoms with van der Waals surface area (Å²) in [6, 6.07) is 18.3. The van der Waals surface area contributed by atoms with Crippen molar-refractivity contribution >= 4 is 40.2 Å². The molecule has 1 aliphatic heterocycles. The smallest absolute Gasteiger partial charge is 0.266 e. The Bertz CT molecular complexity index is 1430. The standard InChI is InChI=1S/C27H23ClFN3O2S/c28-20-7-4-18(5-8-20)17-35-27-30-24-16-19(25(33)31-14-2-1-3-15-31)6-13-23(24)26(34)32(27)22-11-9-21(29)10-12-22/h4-13,16H,1-3,14-15,17H2. The number of amides is 1. The molecule has 1 amide bonds. The molecule has 4 aromatic rings. The fourth-order valence-corrected chi connectivity index (χ4v) is 5.32. The zero-order valence-corrected chi connectivity index (χ0v) is 20.5. The summed E-state index contributed by atoms with van der Waals surface area (Å²) < 4.78 is 15.1. The molecular formula is C27H23ClFN3O2S. The largest absolute Gasteiger partial charge is 0.339 e. The Balaban J connectivity index is 1.57. The molecule has 8 heteroatoms. The second-order valence-corrected chi connectivity index (χ2v) is 9.89. The SMILES string of the molecule is O=C(c1ccc2c(=O)n(-c3ccc(F)cc3)c(SCc3ccc(Cl)cc3)nc2c1)N1CCCCC1. The van der Waals surface area contributed by atoms with Gasteiger partial charge in [0.05, 0.1) is 16.6 Å². The van der Waals surface area contributed by atoms with E-state index in [1.807, 2.05) is 29.2 Å². The van der Waals surface area contributed by atoms with Gasteiger partial charge in [-0.15, -0.1) is 0 Å². The van der Waals surface area contributed by atoms with Crippen molar-refractivity contribution < 1.29 is 9.18 Å². The molecule has 0 spiro atoms. The summed E-state index contributed by atoms with van der Waals surface area (Å²) in [5.74, 6) is 0.140. The number of hydrogen-bond acceptors (Lipinski definition) is 4. The van der Waals surface area contributed by atoms with E-state index in [1.165, 1.54) is 28.5 Å². The average Bonchev–Trinajstić information content (AvgIpc) is 2.89. The van der Waals surface area contributed by atoms with Crippen molar-refractivity contribution in [2.45, 2.75) is 30.2 Å². The number of carbonyl (C=O) groups excluding carboxylic acids is 1. The maximum absolute atomic E-state index is 13.6. The van der Waals surface area contributed by atoms with Gasteiger partial charge in [0.25, 0.3) is 11.5 Å². The highest BCUT2D eigenvalue weighted by molar-refractivity contribution is 7.98. The number of rotatable bonds is 5. The molecule has 35 heavy (non-hydrogen) atoms. The summed E-state index contributed by atoms with van der Waals surface area (Å²) in [7, 11) is 0. The van der Waals surface area contributed by atoms with Gasteiger partial charge < -0.3 is 4.90 Å². The Labute approximate surface area is 211 Å². The van der Waals surface area contributed by atoms with Crippen molar-refractivity contribution in [2.24, 2.45) is 0 Å². The highest BCUT2D eigenvalue weighted by Crippen LogP contribution is 2.26. The van der Waals surface area contributed by atoms with Crippen molar-refractivity contribution in [3.05, 3.63) is 99.1 Å². The molecule has 0 bridgehead atoms. The van der Waals surface area contributed by atoms with Crippen LogP contribution in [0.2, 0.25) is 5.02 Å². The van der Waals surface area contributed by atoms with Crippen LogP contribution >= 0.6 is 23.4 Å². The van der Waals surface area contributed by atoms with Gasteiger partial charge in [-0.25, -0.2) is 9.37 Å². The topological polar surface area (TPSA) is 55.2 Å². The first-order valence-electron chi connectivity index (χ1n) is 11.5. The van der Waals surface area contributed by atoms with Gasteiger partial charge in [0.1, 0.15) is 5.82 Å². The molecule has 0 atom stereocenters. The second-order valence-electron chi connectivity index (χ2n) is 8.51. The van der Waals surface area contributed by atoms with E-state index in [9.17, 15) is 14.0 Å². The third-order valence-corrected chi connectivity index (χ3v) is 7.36. The molecule has 0 N–H and O–H groups in total. The Hall–Kier alpha value is -3.16. The number of carbonyl (C=O) groups is 1. The lowest BCUT2D eigenvalue weighted by Crippen LogP contribution is -2.35. The first kappa shape index (κ1) is 23.6. The van der Waals surface area contributed by atoms with Crippen LogP contribution in [0.25, 0.3) is 16.6 Å². The van der Waals surface area contributed by atoms with Crippen LogP contribution < -0.4 is 5.56 Å². The van der Waals surface area contributed by atoms with E-state index in [-0.39, 0.29) is 17.3 Å². The quantitative estimate of drug-likeness (QED) is 0.242. The molecule has 2 heterocycles. The minimum atomic E-state index is -0.383. The van der Waals surface area contributed by atoms with Crippen LogP contribution in [-0.2, 0) is 5.75 Å². The van der Waals surface area contributed by atoms with Crippen molar-refractivity contribution in [3.63, 3.8) is 0 Å². The Morgan fingerprint density at radius 1 is 0.971 bits per heavy atom. The molecule has 0 aliphatic carbocycles. The molecule has 1 aliphatic rings. The number of aromatic nitrogens is 2. The van der Waals surface area contributed by atoms with Crippen molar-refractivity contribution in [1.82, 2.24) is 14.5 Å². The fraction of sp³-hybridized carbons (Fsp3) is 0.222. The molecule has 0 saturated carbocycles. The van der Waals surface area contributed by atoms with Crippen LogP contribution in [0.5, 0.6) is 0 Å². The van der Waals surface area contributed by atoms with E-state index in [2.05, 4.69) is 0 Å². The lowest BCUT2D eigenvalue weighted by atomic mass is 10.1. The van der Waals surface area contributed by atoms with E-state index in [0.29, 0.717) is 38.1 Å². The Morgan fingerprint density at radius 2 is 1.69 bits per heavy atom. The minimum absolute atomic E-state index is 0.0357. The number of fused-ring (bicyclic) bond motifs is 1. The molecular weight excluding hydrogens is 485 g/mol. The average molecular weight is 508 g/mol. The van der Waals surface area contributed by atoms with Gasteiger partial charge in [-0.2, -0.15) is 0 Å². The first-order chi connectivity index (χ1) is 17.0. The number of hydrogen-bond donors (Lipinski definition) is 0. The second kappa shape index (κ2) is 10.2. The summed E-state index contributed by atoms with van der Waals surface area (Å²) >= 11 is 7.40. The third-order valence-electron chi connectivity index (χ3n) is 6.09. The summed E-state index contributed by atoms with van der Waals surface area (Å²) in [6.45, 7) is 1.50. The van der Waals surface area contributed by atoms with E-state index in [1.54, 1.807) is 30.3 Å². The summed E-state index contributed by atoms with van der Waals surface area (Å²) in [6.07, 6.45) is 3.15. The predicted octanol–water partition coefficient (Wildman–Crippen LogP) is 6.10. The maximum atomic E-state index is 13.6. The monoisotopic (exact) mass is 507 g/mol. The van der Waals surface area contributed by atoms with Gasteiger partial charge in [-0.1, -0.05) is 35.5 Å². The molecule has 0 radical (unpaired) electrons. The van der Waals surface area contributed by atoms with Crippen LogP contribution in [0, 0.1) is 5.82 Å². The molecule has 5 nitrogen and oxygen atoms in total. The van der Waals surface area contributed by atoms with E-state index in [0.717, 1.165) is 37.9 Å². The summed E-state index contributed by atoms with van der Waals surface area (Å²) in [4.78, 5) is 33.3. The van der Waals surface area contributed by atoms with Crippen LogP contribution in [0.1, 0.15) is 35.2 Å². The molecule has 178 valence electrons. The molecule has 0 unspecified atom stereocenters. The zero-order valence-electron chi connectivity index (χ0n) is 18.9. The Kier molecular flexibility index (Phi) is 6.88. The van der Waals surface area contributed by atoms with Gasteiger partial charge in [0.15, 0.2) is 5.16 Å². The lowest BCUT2D eigenvalue weighted by Gasteiger charge is -2.26. The van der Waals surface area contributed by atoms with Gasteiger partial charge in [-0.3, -0.25) is 14.2 Å². The molecule has 3 aromatic carbocycles.